The summed E-state index contributed by atoms with van der Waals surface area (Å²) in [7, 11) is 0. The molecular formula is C50H72Cl2Zr2-2. The Bertz CT molecular complexity index is 1460. The smallest absolute Gasteiger partial charge is 1.00 e. The van der Waals surface area contributed by atoms with Gasteiger partial charge in [-0.15, -0.1) is 0 Å². The summed E-state index contributed by atoms with van der Waals surface area (Å²) in [6, 6.07) is 18.9. The van der Waals surface area contributed by atoms with Crippen LogP contribution in [0.5, 0.6) is 0 Å². The molecule has 0 aliphatic heterocycles. The van der Waals surface area contributed by atoms with Gasteiger partial charge in [-0.3, -0.25) is 0 Å². The van der Waals surface area contributed by atoms with Gasteiger partial charge in [0.05, 0.1) is 0 Å². The van der Waals surface area contributed by atoms with Gasteiger partial charge in [-0.1, -0.05) is 182 Å². The minimum atomic E-state index is 0. The van der Waals surface area contributed by atoms with Gasteiger partial charge in [0.25, 0.3) is 0 Å². The van der Waals surface area contributed by atoms with E-state index < -0.39 is 0 Å². The number of hydrogen-bond donors (Lipinski definition) is 0. The van der Waals surface area contributed by atoms with E-state index in [1.807, 2.05) is 0 Å². The molecule has 0 fully saturated rings. The van der Waals surface area contributed by atoms with Crippen LogP contribution in [0.2, 0.25) is 0 Å². The van der Waals surface area contributed by atoms with Crippen LogP contribution in [0.15, 0.2) is 48.5 Å². The summed E-state index contributed by atoms with van der Waals surface area (Å²) in [4.78, 5) is 0. The molecule has 4 aliphatic carbocycles. The van der Waals surface area contributed by atoms with E-state index in [1.54, 1.807) is 44.5 Å². The van der Waals surface area contributed by atoms with Gasteiger partial charge in [0.15, 0.2) is 0 Å². The summed E-state index contributed by atoms with van der Waals surface area (Å²) >= 11 is 2.60. The van der Waals surface area contributed by atoms with Crippen molar-refractivity contribution in [2.24, 2.45) is 0 Å². The van der Waals surface area contributed by atoms with Gasteiger partial charge < -0.3 is 24.8 Å². The monoisotopic (exact) mass is 922 g/mol. The molecule has 0 bridgehead atoms. The molecule has 54 heavy (non-hydrogen) atoms. The molecule has 0 spiro atoms. The van der Waals surface area contributed by atoms with Crippen LogP contribution >= 0.6 is 0 Å². The molecule has 4 aromatic carbocycles. The largest absolute Gasteiger partial charge is 1.00 e. The summed E-state index contributed by atoms with van der Waals surface area (Å²) in [5.74, 6) is 0. The fraction of sp³-hybridized carbons (Fsp3) is 0.560. The van der Waals surface area contributed by atoms with Gasteiger partial charge in [-0.2, -0.15) is 91.0 Å². The fourth-order valence-electron chi connectivity index (χ4n) is 9.63. The Morgan fingerprint density at radius 1 is 0.389 bits per heavy atom. The quantitative estimate of drug-likeness (QED) is 0.163. The van der Waals surface area contributed by atoms with Crippen LogP contribution in [0.1, 0.15) is 174 Å². The Morgan fingerprint density at radius 3 is 0.704 bits per heavy atom. The third-order valence-corrected chi connectivity index (χ3v) is 12.4. The maximum absolute atomic E-state index is 3.34. The molecule has 0 N–H and O–H groups in total. The van der Waals surface area contributed by atoms with Gasteiger partial charge in [0.2, 0.25) is 0 Å². The van der Waals surface area contributed by atoms with Crippen molar-refractivity contribution in [2.45, 2.75) is 182 Å². The van der Waals surface area contributed by atoms with Crippen molar-refractivity contribution in [3.63, 3.8) is 0 Å². The molecule has 4 aromatic rings. The molecule has 4 aliphatic rings. The van der Waals surface area contributed by atoms with Crippen molar-refractivity contribution in [3.05, 3.63) is 115 Å². The normalized spacial score (nSPS) is 18.5. The maximum atomic E-state index is 3.34. The third kappa shape index (κ3) is 13.3. The van der Waals surface area contributed by atoms with E-state index in [2.05, 4.69) is 140 Å². The second-order valence-electron chi connectivity index (χ2n) is 18.8. The van der Waals surface area contributed by atoms with E-state index >= 15 is 0 Å². The molecule has 0 unspecified atom stereocenters. The molecule has 0 saturated carbocycles. The van der Waals surface area contributed by atoms with E-state index in [-0.39, 0.29) is 24.8 Å². The number of aryl methyl sites for hydroxylation is 8. The van der Waals surface area contributed by atoms with Gasteiger partial charge in [0, 0.05) is 0 Å². The van der Waals surface area contributed by atoms with Gasteiger partial charge in [-0.05, 0) is 0 Å². The third-order valence-electron chi connectivity index (χ3n) is 12.4. The molecule has 0 saturated heterocycles. The van der Waals surface area contributed by atoms with E-state index in [4.69, 9.17) is 0 Å². The van der Waals surface area contributed by atoms with Gasteiger partial charge in [0.1, 0.15) is 0 Å². The Kier molecular flexibility index (Phi) is 21.0. The number of fused-ring (bicyclic) bond motifs is 4. The Hall–Kier alpha value is -0.514. The second-order valence-corrected chi connectivity index (χ2v) is 18.8. The van der Waals surface area contributed by atoms with Crippen LogP contribution in [0.3, 0.4) is 0 Å². The Labute approximate surface area is 375 Å². The number of rotatable bonds is 0. The van der Waals surface area contributed by atoms with Crippen molar-refractivity contribution in [3.8, 4) is 0 Å². The predicted molar refractivity (Wildman–Crippen MR) is 225 cm³/mol. The standard InChI is InChI=1S/4C12H17.2CH2.2ClH.2Zr/c4*1-9-7-10-5-4-6-12(2,3)11(10)8-9;;;;;;/h4*7-8H,4-6H2,1-3H3;2*1H2;2*1H;;/q4*-1;;;;;2*+2/p-2. The van der Waals surface area contributed by atoms with Crippen molar-refractivity contribution in [2.75, 3.05) is 0 Å². The topological polar surface area (TPSA) is 0 Å². The van der Waals surface area contributed by atoms with Crippen LogP contribution in [0.4, 0.5) is 0 Å². The van der Waals surface area contributed by atoms with E-state index in [0.29, 0.717) is 21.7 Å². The Balaban J connectivity index is 0.000000345. The Morgan fingerprint density at radius 2 is 0.556 bits per heavy atom. The maximum Gasteiger partial charge on any atom is -1.00 e. The average molecular weight is 926 g/mol. The van der Waals surface area contributed by atoms with Crippen LogP contribution in [-0.4, -0.2) is 8.42 Å². The molecule has 0 amide bonds. The zero-order chi connectivity index (χ0) is 39.1. The summed E-state index contributed by atoms with van der Waals surface area (Å²) in [5, 5.41) is 0. The van der Waals surface area contributed by atoms with Crippen molar-refractivity contribution >= 4 is 8.42 Å². The zero-order valence-electron chi connectivity index (χ0n) is 36.3. The predicted octanol–water partition coefficient (Wildman–Crippen LogP) is 7.25. The SMILES string of the molecule is Cc1cc2c([cH-]1)CCCC2(C)C.Cc1cc2c([cH-]1)CCCC2(C)C.Cc1cc2c([cH-]1)CCCC2(C)C.Cc1cc2c([cH-]1)CCCC2(C)C.[CH2]=[Zr+2].[CH2]=[Zr+2].[Cl-].[Cl-]. The number of halogens is 2. The molecule has 8 rings (SSSR count). The summed E-state index contributed by atoms with van der Waals surface area (Å²) in [5.41, 5.74) is 20.3. The first-order valence-electron chi connectivity index (χ1n) is 20.2. The summed E-state index contributed by atoms with van der Waals surface area (Å²) in [6.07, 6.45) is 16.1. The van der Waals surface area contributed by atoms with Crippen LogP contribution in [-0.2, 0) is 95.8 Å². The van der Waals surface area contributed by atoms with Crippen LogP contribution in [0.25, 0.3) is 0 Å². The minimum Gasteiger partial charge on any atom is -1.00 e. The fourth-order valence-corrected chi connectivity index (χ4v) is 9.63. The summed E-state index contributed by atoms with van der Waals surface area (Å²) in [6.45, 7) is 27.7. The molecule has 296 valence electrons. The first kappa shape index (κ1) is 51.5. The molecule has 0 atom stereocenters. The van der Waals surface area contributed by atoms with E-state index in [0.717, 1.165) is 0 Å². The van der Waals surface area contributed by atoms with Crippen LogP contribution in [0, 0.1) is 27.7 Å². The van der Waals surface area contributed by atoms with Crippen molar-refractivity contribution in [1.82, 2.24) is 0 Å². The molecule has 0 aromatic heterocycles. The molecule has 0 heterocycles. The second kappa shape index (κ2) is 22.0. The molecule has 0 radical (unpaired) electrons. The van der Waals surface area contributed by atoms with Crippen molar-refractivity contribution < 1.29 is 73.3 Å². The van der Waals surface area contributed by atoms with Gasteiger partial charge in [-0.25, -0.2) is 24.3 Å². The molecule has 0 nitrogen and oxygen atoms in total. The van der Waals surface area contributed by atoms with Crippen molar-refractivity contribution in [1.29, 1.82) is 0 Å². The van der Waals surface area contributed by atoms with Crippen LogP contribution < -0.4 is 24.8 Å². The summed E-state index contributed by atoms with van der Waals surface area (Å²) < 4.78 is 6.68. The number of hydrogen-bond acceptors (Lipinski definition) is 0. The minimum absolute atomic E-state index is 0. The molecule has 4 heteroatoms. The first-order chi connectivity index (χ1) is 24.4. The van der Waals surface area contributed by atoms with E-state index in [1.165, 1.54) is 148 Å². The zero-order valence-corrected chi connectivity index (χ0v) is 42.7. The molecular weight excluding hydrogens is 854 g/mol. The first-order valence-corrected chi connectivity index (χ1v) is 23.6. The average Bonchev–Trinajstić information content (AvgIpc) is 3.85. The van der Waals surface area contributed by atoms with E-state index in [9.17, 15) is 0 Å². The van der Waals surface area contributed by atoms with Gasteiger partial charge >= 0.3 is 56.9 Å².